The molecule has 3 nitrogen and oxygen atoms in total. The van der Waals surface area contributed by atoms with Crippen LogP contribution in [0.1, 0.15) is 57.7 Å². The second-order valence-corrected chi connectivity index (χ2v) is 6.49. The molecule has 1 fully saturated rings. The third-order valence-corrected chi connectivity index (χ3v) is 5.21. The first-order chi connectivity index (χ1) is 10.1. The van der Waals surface area contributed by atoms with E-state index in [4.69, 9.17) is 0 Å². The van der Waals surface area contributed by atoms with Gasteiger partial charge in [-0.1, -0.05) is 26.3 Å². The van der Waals surface area contributed by atoms with Crippen LogP contribution in [0, 0.1) is 0 Å². The number of hydrogen-bond donors (Lipinski definition) is 1. The van der Waals surface area contributed by atoms with Crippen LogP contribution < -0.4 is 0 Å². The summed E-state index contributed by atoms with van der Waals surface area (Å²) in [7, 11) is 0. The standard InChI is InChI=1S/C18H30N2O/c1-4-15-9-10-16(19-14-15)13-17(21)18(3,5-2)20-11-7-6-8-12-20/h9-10,14,17,21H,4-8,11-13H2,1-3H3. The zero-order valence-corrected chi connectivity index (χ0v) is 13.8. The van der Waals surface area contributed by atoms with Gasteiger partial charge in [0.15, 0.2) is 0 Å². The lowest BCUT2D eigenvalue weighted by Gasteiger charge is -2.46. The minimum absolute atomic E-state index is 0.133. The molecule has 3 heteroatoms. The molecule has 1 aromatic heterocycles. The van der Waals surface area contributed by atoms with E-state index in [1.165, 1.54) is 24.8 Å². The summed E-state index contributed by atoms with van der Waals surface area (Å²) in [4.78, 5) is 6.99. The van der Waals surface area contributed by atoms with Crippen molar-refractivity contribution in [1.29, 1.82) is 0 Å². The Kier molecular flexibility index (Phi) is 5.77. The number of hydrogen-bond acceptors (Lipinski definition) is 3. The number of rotatable bonds is 6. The van der Waals surface area contributed by atoms with Gasteiger partial charge in [-0.05, 0) is 57.3 Å². The highest BCUT2D eigenvalue weighted by Crippen LogP contribution is 2.29. The third kappa shape index (κ3) is 3.83. The van der Waals surface area contributed by atoms with Crippen LogP contribution in [0.15, 0.2) is 18.3 Å². The van der Waals surface area contributed by atoms with E-state index in [1.54, 1.807) is 0 Å². The van der Waals surface area contributed by atoms with Gasteiger partial charge in [-0.3, -0.25) is 9.88 Å². The highest BCUT2D eigenvalue weighted by molar-refractivity contribution is 5.15. The van der Waals surface area contributed by atoms with Crippen molar-refractivity contribution in [2.75, 3.05) is 13.1 Å². The van der Waals surface area contributed by atoms with Crippen LogP contribution in [0.3, 0.4) is 0 Å². The fourth-order valence-electron chi connectivity index (χ4n) is 3.28. The van der Waals surface area contributed by atoms with E-state index in [0.717, 1.165) is 31.6 Å². The fraction of sp³-hybridized carbons (Fsp3) is 0.722. The summed E-state index contributed by atoms with van der Waals surface area (Å²) in [5.74, 6) is 0. The lowest BCUT2D eigenvalue weighted by Crippen LogP contribution is -2.56. The zero-order chi connectivity index (χ0) is 15.3. The maximum absolute atomic E-state index is 10.8. The zero-order valence-electron chi connectivity index (χ0n) is 13.8. The molecule has 0 saturated carbocycles. The Morgan fingerprint density at radius 3 is 2.48 bits per heavy atom. The number of piperidine rings is 1. The van der Waals surface area contributed by atoms with Gasteiger partial charge >= 0.3 is 0 Å². The summed E-state index contributed by atoms with van der Waals surface area (Å²) < 4.78 is 0. The van der Waals surface area contributed by atoms with Crippen molar-refractivity contribution < 1.29 is 5.11 Å². The summed E-state index contributed by atoms with van der Waals surface area (Å²) in [6.45, 7) is 8.76. The molecular weight excluding hydrogens is 260 g/mol. The van der Waals surface area contributed by atoms with Gasteiger partial charge in [0.25, 0.3) is 0 Å². The molecule has 2 unspecified atom stereocenters. The Bertz CT molecular complexity index is 425. The molecular formula is C18H30N2O. The van der Waals surface area contributed by atoms with Gasteiger partial charge < -0.3 is 5.11 Å². The highest BCUT2D eigenvalue weighted by atomic mass is 16.3. The fourth-order valence-corrected chi connectivity index (χ4v) is 3.28. The summed E-state index contributed by atoms with van der Waals surface area (Å²) >= 11 is 0. The molecule has 0 amide bonds. The maximum atomic E-state index is 10.8. The van der Waals surface area contributed by atoms with Gasteiger partial charge in [-0.25, -0.2) is 0 Å². The molecule has 21 heavy (non-hydrogen) atoms. The van der Waals surface area contributed by atoms with Crippen molar-refractivity contribution in [2.24, 2.45) is 0 Å². The molecule has 1 N–H and O–H groups in total. The quantitative estimate of drug-likeness (QED) is 0.874. The first kappa shape index (κ1) is 16.4. The Morgan fingerprint density at radius 2 is 1.95 bits per heavy atom. The monoisotopic (exact) mass is 290 g/mol. The SMILES string of the molecule is CCc1ccc(CC(O)C(C)(CC)N2CCCCC2)nc1. The number of nitrogens with zero attached hydrogens (tertiary/aromatic N) is 2. The van der Waals surface area contributed by atoms with Crippen molar-refractivity contribution in [3.05, 3.63) is 29.6 Å². The van der Waals surface area contributed by atoms with Crippen molar-refractivity contribution in [2.45, 2.75) is 70.9 Å². The summed E-state index contributed by atoms with van der Waals surface area (Å²) in [6, 6.07) is 4.19. The average molecular weight is 290 g/mol. The molecule has 1 aromatic rings. The molecule has 0 bridgehead atoms. The predicted molar refractivity (Wildman–Crippen MR) is 87.4 cm³/mol. The molecule has 2 rings (SSSR count). The Morgan fingerprint density at radius 1 is 1.24 bits per heavy atom. The Labute approximate surface area is 129 Å². The Balaban J connectivity index is 2.05. The Hall–Kier alpha value is -0.930. The van der Waals surface area contributed by atoms with Crippen molar-refractivity contribution in [3.8, 4) is 0 Å². The first-order valence-electron chi connectivity index (χ1n) is 8.47. The molecule has 0 aromatic carbocycles. The number of aliphatic hydroxyl groups excluding tert-OH is 1. The molecule has 2 heterocycles. The van der Waals surface area contributed by atoms with E-state index in [-0.39, 0.29) is 11.6 Å². The molecule has 0 aliphatic carbocycles. The smallest absolute Gasteiger partial charge is 0.0776 e. The van der Waals surface area contributed by atoms with E-state index < -0.39 is 0 Å². The third-order valence-electron chi connectivity index (χ3n) is 5.21. The number of pyridine rings is 1. The molecule has 1 aliphatic heterocycles. The van der Waals surface area contributed by atoms with E-state index in [9.17, 15) is 5.11 Å². The number of likely N-dealkylation sites (tertiary alicyclic amines) is 1. The molecule has 118 valence electrons. The minimum Gasteiger partial charge on any atom is -0.391 e. The van der Waals surface area contributed by atoms with Crippen LogP contribution in [0.5, 0.6) is 0 Å². The summed E-state index contributed by atoms with van der Waals surface area (Å²) in [5.41, 5.74) is 2.12. The predicted octanol–water partition coefficient (Wildman–Crippen LogP) is 3.20. The number of aryl methyl sites for hydroxylation is 1. The molecule has 1 aliphatic rings. The van der Waals surface area contributed by atoms with Crippen LogP contribution in [-0.4, -0.2) is 39.7 Å². The summed E-state index contributed by atoms with van der Waals surface area (Å²) in [6.07, 6.45) is 8.04. The van der Waals surface area contributed by atoms with Gasteiger partial charge in [0.2, 0.25) is 0 Å². The molecule has 0 radical (unpaired) electrons. The van der Waals surface area contributed by atoms with Gasteiger partial charge in [0, 0.05) is 23.9 Å². The van der Waals surface area contributed by atoms with Gasteiger partial charge in [0.05, 0.1) is 6.10 Å². The van der Waals surface area contributed by atoms with E-state index >= 15 is 0 Å². The van der Waals surface area contributed by atoms with Crippen molar-refractivity contribution in [1.82, 2.24) is 9.88 Å². The largest absolute Gasteiger partial charge is 0.391 e. The molecule has 0 spiro atoms. The van der Waals surface area contributed by atoms with Crippen LogP contribution in [0.2, 0.25) is 0 Å². The molecule has 1 saturated heterocycles. The van der Waals surface area contributed by atoms with E-state index in [0.29, 0.717) is 6.42 Å². The number of aliphatic hydroxyl groups is 1. The van der Waals surface area contributed by atoms with Crippen LogP contribution in [0.4, 0.5) is 0 Å². The maximum Gasteiger partial charge on any atom is 0.0776 e. The normalized spacial score (nSPS) is 21.0. The number of aromatic nitrogens is 1. The van der Waals surface area contributed by atoms with Gasteiger partial charge in [0.1, 0.15) is 0 Å². The first-order valence-corrected chi connectivity index (χ1v) is 8.47. The van der Waals surface area contributed by atoms with E-state index in [2.05, 4.69) is 42.8 Å². The van der Waals surface area contributed by atoms with Crippen molar-refractivity contribution >= 4 is 0 Å². The molecule has 2 atom stereocenters. The van der Waals surface area contributed by atoms with Crippen LogP contribution in [0.25, 0.3) is 0 Å². The van der Waals surface area contributed by atoms with Gasteiger partial charge in [-0.2, -0.15) is 0 Å². The minimum atomic E-state index is -0.361. The van der Waals surface area contributed by atoms with Gasteiger partial charge in [-0.15, -0.1) is 0 Å². The topological polar surface area (TPSA) is 36.4 Å². The van der Waals surface area contributed by atoms with Crippen molar-refractivity contribution in [3.63, 3.8) is 0 Å². The van der Waals surface area contributed by atoms with Crippen LogP contribution >= 0.6 is 0 Å². The van der Waals surface area contributed by atoms with Crippen LogP contribution in [-0.2, 0) is 12.8 Å². The highest BCUT2D eigenvalue weighted by Gasteiger charge is 2.37. The second-order valence-electron chi connectivity index (χ2n) is 6.49. The lowest BCUT2D eigenvalue weighted by molar-refractivity contribution is -0.0332. The lowest BCUT2D eigenvalue weighted by atomic mass is 9.85. The summed E-state index contributed by atoms with van der Waals surface area (Å²) in [5, 5.41) is 10.8. The average Bonchev–Trinajstić information content (AvgIpc) is 2.55. The van der Waals surface area contributed by atoms with E-state index in [1.807, 2.05) is 6.20 Å². The second kappa shape index (κ2) is 7.37.